The molecule has 1 aromatic rings. The van der Waals surface area contributed by atoms with Crippen molar-refractivity contribution in [2.45, 2.75) is 12.8 Å². The molecular weight excluding hydrogens is 172 g/mol. The van der Waals surface area contributed by atoms with Crippen LogP contribution >= 0.6 is 11.6 Å². The molecule has 0 aliphatic rings. The zero-order chi connectivity index (χ0) is 9.14. The monoisotopic (exact) mass is 183 g/mol. The zero-order valence-corrected chi connectivity index (χ0v) is 7.80. The maximum Gasteiger partial charge on any atom is 0.0499 e. The Kier molecular flexibility index (Phi) is 3.12. The van der Waals surface area contributed by atoms with Gasteiger partial charge in [0.2, 0.25) is 0 Å². The molecule has 0 aliphatic carbocycles. The Balaban J connectivity index is 2.96. The number of hydrogen-bond donors (Lipinski definition) is 1. The van der Waals surface area contributed by atoms with Crippen LogP contribution in [0.3, 0.4) is 0 Å². The van der Waals surface area contributed by atoms with Gasteiger partial charge in [0, 0.05) is 17.5 Å². The van der Waals surface area contributed by atoms with Crippen LogP contribution in [0.5, 0.6) is 0 Å². The van der Waals surface area contributed by atoms with Crippen LogP contribution in [0.1, 0.15) is 17.0 Å². The molecule has 65 valence electrons. The molecule has 0 saturated carbocycles. The summed E-state index contributed by atoms with van der Waals surface area (Å²) in [5.41, 5.74) is 2.05. The smallest absolute Gasteiger partial charge is 0.0499 e. The van der Waals surface area contributed by atoms with Crippen molar-refractivity contribution in [3.05, 3.63) is 41.3 Å². The van der Waals surface area contributed by atoms with Gasteiger partial charge < -0.3 is 5.11 Å². The second-order valence-corrected chi connectivity index (χ2v) is 3.30. The van der Waals surface area contributed by atoms with E-state index in [1.165, 1.54) is 0 Å². The van der Waals surface area contributed by atoms with Gasteiger partial charge in [0.1, 0.15) is 0 Å². The summed E-state index contributed by atoms with van der Waals surface area (Å²) < 4.78 is 0. The fourth-order valence-electron chi connectivity index (χ4n) is 1.03. The predicted octanol–water partition coefficient (Wildman–Crippen LogP) is 2.56. The van der Waals surface area contributed by atoms with Crippen LogP contribution in [0, 0.1) is 13.8 Å². The number of aliphatic hydroxyl groups is 1. The maximum atomic E-state index is 8.85. The number of aryl methyl sites for hydroxylation is 1. The third-order valence-electron chi connectivity index (χ3n) is 1.87. The van der Waals surface area contributed by atoms with Gasteiger partial charge in [0.15, 0.2) is 0 Å². The summed E-state index contributed by atoms with van der Waals surface area (Å²) in [5, 5.41) is 9.61. The average molecular weight is 184 g/mol. The minimum Gasteiger partial charge on any atom is -0.396 e. The number of benzene rings is 1. The topological polar surface area (TPSA) is 20.2 Å². The lowest BCUT2D eigenvalue weighted by molar-refractivity contribution is 0.282. The highest BCUT2D eigenvalue weighted by molar-refractivity contribution is 6.31. The molecule has 1 atom stereocenters. The second kappa shape index (κ2) is 3.92. The van der Waals surface area contributed by atoms with Crippen molar-refractivity contribution in [3.8, 4) is 0 Å². The quantitative estimate of drug-likeness (QED) is 0.747. The Labute approximate surface area is 78.0 Å². The number of rotatable bonds is 2. The Morgan fingerprint density at radius 3 is 2.75 bits per heavy atom. The van der Waals surface area contributed by atoms with E-state index in [1.54, 1.807) is 0 Å². The fourth-order valence-corrected chi connectivity index (χ4v) is 1.14. The Morgan fingerprint density at radius 2 is 2.25 bits per heavy atom. The van der Waals surface area contributed by atoms with E-state index in [0.717, 1.165) is 16.1 Å². The van der Waals surface area contributed by atoms with Crippen LogP contribution in [0.2, 0.25) is 5.02 Å². The first-order valence-corrected chi connectivity index (χ1v) is 4.23. The molecule has 0 aromatic heterocycles. The first-order valence-electron chi connectivity index (χ1n) is 3.85. The van der Waals surface area contributed by atoms with Gasteiger partial charge >= 0.3 is 0 Å². The van der Waals surface area contributed by atoms with Crippen LogP contribution in [-0.4, -0.2) is 11.7 Å². The molecule has 1 nitrogen and oxygen atoms in total. The van der Waals surface area contributed by atoms with E-state index in [-0.39, 0.29) is 12.5 Å². The summed E-state index contributed by atoms with van der Waals surface area (Å²) >= 11 is 5.85. The van der Waals surface area contributed by atoms with Crippen LogP contribution in [0.15, 0.2) is 18.2 Å². The molecule has 2 heteroatoms. The van der Waals surface area contributed by atoms with Gasteiger partial charge in [-0.1, -0.05) is 23.7 Å². The molecule has 0 saturated heterocycles. The Bertz CT molecular complexity index is 271. The largest absolute Gasteiger partial charge is 0.396 e. The van der Waals surface area contributed by atoms with E-state index in [2.05, 4.69) is 6.92 Å². The van der Waals surface area contributed by atoms with Crippen LogP contribution in [-0.2, 0) is 0 Å². The number of halogens is 1. The molecule has 1 N–H and O–H groups in total. The van der Waals surface area contributed by atoms with E-state index < -0.39 is 0 Å². The summed E-state index contributed by atoms with van der Waals surface area (Å²) in [6.07, 6.45) is 0. The van der Waals surface area contributed by atoms with Crippen molar-refractivity contribution in [1.29, 1.82) is 0 Å². The van der Waals surface area contributed by atoms with Crippen molar-refractivity contribution in [1.82, 2.24) is 0 Å². The zero-order valence-electron chi connectivity index (χ0n) is 7.05. The fraction of sp³-hybridized carbons (Fsp3) is 0.300. The minimum atomic E-state index is -0.0547. The molecule has 0 aliphatic heterocycles. The SMILES string of the molecule is [CH2]C(CO)c1ccc(Cl)c(C)c1. The summed E-state index contributed by atoms with van der Waals surface area (Å²) in [6, 6.07) is 5.68. The van der Waals surface area contributed by atoms with Gasteiger partial charge in [-0.3, -0.25) is 0 Å². The van der Waals surface area contributed by atoms with Crippen molar-refractivity contribution >= 4 is 11.6 Å². The molecule has 1 aromatic carbocycles. The third kappa shape index (κ3) is 1.99. The summed E-state index contributed by atoms with van der Waals surface area (Å²) in [6.45, 7) is 5.82. The Morgan fingerprint density at radius 1 is 1.58 bits per heavy atom. The molecule has 1 unspecified atom stereocenters. The molecule has 0 spiro atoms. The van der Waals surface area contributed by atoms with Gasteiger partial charge in [0.25, 0.3) is 0 Å². The van der Waals surface area contributed by atoms with E-state index in [0.29, 0.717) is 0 Å². The van der Waals surface area contributed by atoms with Crippen molar-refractivity contribution in [2.75, 3.05) is 6.61 Å². The van der Waals surface area contributed by atoms with Crippen molar-refractivity contribution in [3.63, 3.8) is 0 Å². The van der Waals surface area contributed by atoms with Crippen LogP contribution < -0.4 is 0 Å². The highest BCUT2D eigenvalue weighted by Crippen LogP contribution is 2.21. The highest BCUT2D eigenvalue weighted by Gasteiger charge is 2.04. The molecule has 0 heterocycles. The van der Waals surface area contributed by atoms with Crippen LogP contribution in [0.4, 0.5) is 0 Å². The molecular formula is C10H12ClO. The van der Waals surface area contributed by atoms with Crippen LogP contribution in [0.25, 0.3) is 0 Å². The predicted molar refractivity (Wildman–Crippen MR) is 51.4 cm³/mol. The minimum absolute atomic E-state index is 0.0547. The maximum absolute atomic E-state index is 8.85. The second-order valence-electron chi connectivity index (χ2n) is 2.89. The van der Waals surface area contributed by atoms with Gasteiger partial charge in [-0.05, 0) is 31.0 Å². The lowest BCUT2D eigenvalue weighted by Crippen LogP contribution is -1.99. The molecule has 0 bridgehead atoms. The normalized spacial score (nSPS) is 13.0. The lowest BCUT2D eigenvalue weighted by Gasteiger charge is -2.09. The first kappa shape index (κ1) is 9.56. The van der Waals surface area contributed by atoms with Crippen molar-refractivity contribution in [2.24, 2.45) is 0 Å². The average Bonchev–Trinajstić information content (AvgIpc) is 2.08. The highest BCUT2D eigenvalue weighted by atomic mass is 35.5. The number of hydrogen-bond acceptors (Lipinski definition) is 1. The van der Waals surface area contributed by atoms with Gasteiger partial charge in [-0.2, -0.15) is 0 Å². The summed E-state index contributed by atoms with van der Waals surface area (Å²) in [5.74, 6) is -0.0547. The Hall–Kier alpha value is -0.530. The third-order valence-corrected chi connectivity index (χ3v) is 2.30. The first-order chi connectivity index (χ1) is 5.65. The molecule has 0 amide bonds. The van der Waals surface area contributed by atoms with E-state index in [9.17, 15) is 0 Å². The van der Waals surface area contributed by atoms with E-state index in [4.69, 9.17) is 16.7 Å². The van der Waals surface area contributed by atoms with E-state index >= 15 is 0 Å². The lowest BCUT2D eigenvalue weighted by atomic mass is 10.0. The number of aliphatic hydroxyl groups excluding tert-OH is 1. The summed E-state index contributed by atoms with van der Waals surface area (Å²) in [7, 11) is 0. The molecule has 12 heavy (non-hydrogen) atoms. The molecule has 1 radical (unpaired) electrons. The van der Waals surface area contributed by atoms with Gasteiger partial charge in [-0.25, -0.2) is 0 Å². The molecule has 1 rings (SSSR count). The van der Waals surface area contributed by atoms with E-state index in [1.807, 2.05) is 25.1 Å². The van der Waals surface area contributed by atoms with Gasteiger partial charge in [-0.15, -0.1) is 0 Å². The molecule has 0 fully saturated rings. The van der Waals surface area contributed by atoms with Gasteiger partial charge in [0.05, 0.1) is 0 Å². The summed E-state index contributed by atoms with van der Waals surface area (Å²) in [4.78, 5) is 0. The van der Waals surface area contributed by atoms with Crippen molar-refractivity contribution < 1.29 is 5.11 Å². The standard InChI is InChI=1S/C10H12ClO/c1-7-5-9(8(2)6-12)3-4-10(7)11/h3-5,8,12H,2,6H2,1H3.